The van der Waals surface area contributed by atoms with Gasteiger partial charge >= 0.3 is 0 Å². The number of nitrogens with zero attached hydrogens (tertiary/aromatic N) is 1. The van der Waals surface area contributed by atoms with Crippen LogP contribution in [0, 0.1) is 11.8 Å². The first-order valence-electron chi connectivity index (χ1n) is 10.2. The Hall–Kier alpha value is -2.13. The second-order valence-electron chi connectivity index (χ2n) is 7.97. The van der Waals surface area contributed by atoms with E-state index in [-0.39, 0.29) is 51.7 Å². The van der Waals surface area contributed by atoms with Gasteiger partial charge in [0.25, 0.3) is 0 Å². The predicted octanol–water partition coefficient (Wildman–Crippen LogP) is 4.63. The molecular formula is C22H25Cl2N3O4S. The van der Waals surface area contributed by atoms with E-state index in [1.165, 1.54) is 22.5 Å². The highest BCUT2D eigenvalue weighted by atomic mass is 35.5. The van der Waals surface area contributed by atoms with E-state index in [0.29, 0.717) is 24.2 Å². The van der Waals surface area contributed by atoms with Crippen molar-refractivity contribution in [3.05, 3.63) is 52.5 Å². The van der Waals surface area contributed by atoms with Crippen LogP contribution < -0.4 is 10.6 Å². The molecule has 172 valence electrons. The fourth-order valence-corrected chi connectivity index (χ4v) is 5.58. The molecule has 1 fully saturated rings. The van der Waals surface area contributed by atoms with Gasteiger partial charge < -0.3 is 10.6 Å². The first kappa shape index (κ1) is 24.5. The SMILES string of the molecule is CC(C)C(=O)Nc1cccc(NC(=O)C2CCN(S(=O)(=O)c3cc(Cl)ccc3Cl)CC2)c1. The summed E-state index contributed by atoms with van der Waals surface area (Å²) in [5.41, 5.74) is 1.16. The summed E-state index contributed by atoms with van der Waals surface area (Å²) in [6.45, 7) is 4.00. The van der Waals surface area contributed by atoms with Gasteiger partial charge in [0.15, 0.2) is 0 Å². The maximum Gasteiger partial charge on any atom is 0.244 e. The van der Waals surface area contributed by atoms with Crippen molar-refractivity contribution in [3.8, 4) is 0 Å². The van der Waals surface area contributed by atoms with E-state index in [1.54, 1.807) is 38.1 Å². The summed E-state index contributed by atoms with van der Waals surface area (Å²) in [6.07, 6.45) is 0.764. The molecule has 0 aromatic heterocycles. The number of benzene rings is 2. The van der Waals surface area contributed by atoms with Gasteiger partial charge in [-0.2, -0.15) is 4.31 Å². The topological polar surface area (TPSA) is 95.6 Å². The van der Waals surface area contributed by atoms with Crippen molar-refractivity contribution in [2.45, 2.75) is 31.6 Å². The molecule has 0 atom stereocenters. The van der Waals surface area contributed by atoms with Crippen molar-refractivity contribution in [1.29, 1.82) is 0 Å². The number of sulfonamides is 1. The quantitative estimate of drug-likeness (QED) is 0.607. The van der Waals surface area contributed by atoms with Crippen LogP contribution in [-0.4, -0.2) is 37.6 Å². The number of halogens is 2. The molecule has 1 heterocycles. The third-order valence-corrected chi connectivity index (χ3v) is 7.87. The highest BCUT2D eigenvalue weighted by Gasteiger charge is 2.33. The lowest BCUT2D eigenvalue weighted by molar-refractivity contribution is -0.121. The van der Waals surface area contributed by atoms with Gasteiger partial charge in [0.1, 0.15) is 4.90 Å². The van der Waals surface area contributed by atoms with Crippen LogP contribution >= 0.6 is 23.2 Å². The van der Waals surface area contributed by atoms with Crippen molar-refractivity contribution in [2.24, 2.45) is 11.8 Å². The van der Waals surface area contributed by atoms with Crippen LogP contribution in [0.25, 0.3) is 0 Å². The van der Waals surface area contributed by atoms with Gasteiger partial charge in [-0.3, -0.25) is 9.59 Å². The lowest BCUT2D eigenvalue weighted by Gasteiger charge is -2.30. The number of hydrogen-bond donors (Lipinski definition) is 2. The Morgan fingerprint density at radius 2 is 1.62 bits per heavy atom. The van der Waals surface area contributed by atoms with Crippen LogP contribution in [0.5, 0.6) is 0 Å². The van der Waals surface area contributed by atoms with Crippen LogP contribution in [-0.2, 0) is 19.6 Å². The zero-order valence-corrected chi connectivity index (χ0v) is 20.1. The lowest BCUT2D eigenvalue weighted by atomic mass is 9.97. The van der Waals surface area contributed by atoms with Gasteiger partial charge in [-0.15, -0.1) is 0 Å². The van der Waals surface area contributed by atoms with E-state index in [4.69, 9.17) is 23.2 Å². The van der Waals surface area contributed by atoms with Gasteiger partial charge in [-0.05, 0) is 49.2 Å². The zero-order valence-electron chi connectivity index (χ0n) is 17.8. The lowest BCUT2D eigenvalue weighted by Crippen LogP contribution is -2.41. The van der Waals surface area contributed by atoms with Crippen LogP contribution in [0.15, 0.2) is 47.4 Å². The maximum absolute atomic E-state index is 12.9. The first-order chi connectivity index (χ1) is 15.1. The van der Waals surface area contributed by atoms with Crippen molar-refractivity contribution in [3.63, 3.8) is 0 Å². The third-order valence-electron chi connectivity index (χ3n) is 5.26. The monoisotopic (exact) mass is 497 g/mol. The van der Waals surface area contributed by atoms with Crippen molar-refractivity contribution in [2.75, 3.05) is 23.7 Å². The third kappa shape index (κ3) is 5.81. The summed E-state index contributed by atoms with van der Waals surface area (Å²) < 4.78 is 27.2. The van der Waals surface area contributed by atoms with Crippen molar-refractivity contribution < 1.29 is 18.0 Å². The van der Waals surface area contributed by atoms with Gasteiger partial charge in [0, 0.05) is 41.3 Å². The molecule has 10 heteroatoms. The van der Waals surface area contributed by atoms with Crippen LogP contribution in [0.1, 0.15) is 26.7 Å². The smallest absolute Gasteiger partial charge is 0.244 e. The number of piperidine rings is 1. The summed E-state index contributed by atoms with van der Waals surface area (Å²) in [5, 5.41) is 6.05. The molecule has 1 aliphatic heterocycles. The number of rotatable bonds is 6. The second-order valence-corrected chi connectivity index (χ2v) is 10.7. The second kappa shape index (κ2) is 10.2. The Balaban J connectivity index is 1.61. The van der Waals surface area contributed by atoms with E-state index in [0.717, 1.165) is 0 Å². The highest BCUT2D eigenvalue weighted by molar-refractivity contribution is 7.89. The maximum atomic E-state index is 12.9. The van der Waals surface area contributed by atoms with E-state index >= 15 is 0 Å². The van der Waals surface area contributed by atoms with E-state index < -0.39 is 10.0 Å². The molecule has 0 saturated carbocycles. The molecule has 3 rings (SSSR count). The Labute approximate surface area is 198 Å². The number of hydrogen-bond acceptors (Lipinski definition) is 4. The fourth-order valence-electron chi connectivity index (χ4n) is 3.38. The Morgan fingerprint density at radius 1 is 1.00 bits per heavy atom. The van der Waals surface area contributed by atoms with Gasteiger partial charge in [-0.1, -0.05) is 43.1 Å². The molecule has 0 aliphatic carbocycles. The van der Waals surface area contributed by atoms with E-state index in [9.17, 15) is 18.0 Å². The minimum atomic E-state index is -3.80. The molecule has 2 amide bonds. The molecule has 0 unspecified atom stereocenters. The number of nitrogens with one attached hydrogen (secondary N) is 2. The average molecular weight is 498 g/mol. The number of amides is 2. The molecule has 0 spiro atoms. The van der Waals surface area contributed by atoms with Gasteiger partial charge in [0.2, 0.25) is 21.8 Å². The average Bonchev–Trinajstić information content (AvgIpc) is 2.75. The molecule has 0 bridgehead atoms. The molecular weight excluding hydrogens is 473 g/mol. The van der Waals surface area contributed by atoms with Crippen LogP contribution in [0.2, 0.25) is 10.0 Å². The van der Waals surface area contributed by atoms with Crippen LogP contribution in [0.4, 0.5) is 11.4 Å². The molecule has 32 heavy (non-hydrogen) atoms. The van der Waals surface area contributed by atoms with E-state index in [1.807, 2.05) is 0 Å². The first-order valence-corrected chi connectivity index (χ1v) is 12.4. The molecule has 2 aromatic carbocycles. The fraction of sp³-hybridized carbons (Fsp3) is 0.364. The van der Waals surface area contributed by atoms with Crippen LogP contribution in [0.3, 0.4) is 0 Å². The van der Waals surface area contributed by atoms with Gasteiger partial charge in [0.05, 0.1) is 5.02 Å². The summed E-state index contributed by atoms with van der Waals surface area (Å²) in [6, 6.07) is 11.2. The van der Waals surface area contributed by atoms with Crippen molar-refractivity contribution in [1.82, 2.24) is 4.31 Å². The Bertz CT molecular complexity index is 1110. The zero-order chi connectivity index (χ0) is 23.5. The largest absolute Gasteiger partial charge is 0.326 e. The molecule has 7 nitrogen and oxygen atoms in total. The number of carbonyl (C=O) groups excluding carboxylic acids is 2. The standard InChI is InChI=1S/C22H25Cl2N3O4S/c1-14(2)21(28)25-17-4-3-5-18(13-17)26-22(29)15-8-10-27(11-9-15)32(30,31)20-12-16(23)6-7-19(20)24/h3-7,12-15H,8-11H2,1-2H3,(H,25,28)(H,26,29). The van der Waals surface area contributed by atoms with Crippen molar-refractivity contribution >= 4 is 56.4 Å². The molecule has 1 saturated heterocycles. The minimum absolute atomic E-state index is 0.0326. The molecule has 1 aliphatic rings. The number of anilines is 2. The Kier molecular flexibility index (Phi) is 7.82. The predicted molar refractivity (Wildman–Crippen MR) is 126 cm³/mol. The van der Waals surface area contributed by atoms with E-state index in [2.05, 4.69) is 10.6 Å². The highest BCUT2D eigenvalue weighted by Crippen LogP contribution is 2.30. The Morgan fingerprint density at radius 3 is 2.25 bits per heavy atom. The molecule has 0 radical (unpaired) electrons. The number of carbonyl (C=O) groups is 2. The normalized spacial score (nSPS) is 15.5. The summed E-state index contributed by atoms with van der Waals surface area (Å²) in [4.78, 5) is 24.6. The summed E-state index contributed by atoms with van der Waals surface area (Å²) in [7, 11) is -3.80. The van der Waals surface area contributed by atoms with Gasteiger partial charge in [-0.25, -0.2) is 8.42 Å². The molecule has 2 aromatic rings. The molecule has 2 N–H and O–H groups in total. The summed E-state index contributed by atoms with van der Waals surface area (Å²) >= 11 is 12.0. The minimum Gasteiger partial charge on any atom is -0.326 e. The summed E-state index contributed by atoms with van der Waals surface area (Å²) in [5.74, 6) is -0.779.